The molecule has 0 bridgehead atoms. The van der Waals surface area contributed by atoms with Gasteiger partial charge in [0, 0.05) is 28.4 Å². The maximum atomic E-state index is 4.80. The van der Waals surface area contributed by atoms with E-state index in [0.717, 1.165) is 5.52 Å². The lowest BCUT2D eigenvalue weighted by atomic mass is 9.93. The summed E-state index contributed by atoms with van der Waals surface area (Å²) < 4.78 is 2.45. The largest absolute Gasteiger partial charge is 0.338 e. The van der Waals surface area contributed by atoms with Gasteiger partial charge in [-0.05, 0) is 48.2 Å². The Morgan fingerprint density at radius 2 is 1.60 bits per heavy atom. The van der Waals surface area contributed by atoms with Crippen molar-refractivity contribution < 1.29 is 0 Å². The summed E-state index contributed by atoms with van der Waals surface area (Å²) in [5.74, 6) is 0.523. The summed E-state index contributed by atoms with van der Waals surface area (Å²) in [6.07, 6.45) is 1.96. The van der Waals surface area contributed by atoms with Crippen LogP contribution in [0, 0.1) is 0 Å². The van der Waals surface area contributed by atoms with Crippen molar-refractivity contribution in [2.24, 2.45) is 0 Å². The van der Waals surface area contributed by atoms with Gasteiger partial charge in [-0.3, -0.25) is 4.98 Å². The van der Waals surface area contributed by atoms with Gasteiger partial charge in [0.1, 0.15) is 0 Å². The van der Waals surface area contributed by atoms with E-state index in [1.54, 1.807) is 0 Å². The number of hydrogen-bond donors (Lipinski definition) is 0. The molecular weight excluding hydrogens is 304 g/mol. The maximum absolute atomic E-state index is 4.80. The van der Waals surface area contributed by atoms with Crippen LogP contribution in [0.5, 0.6) is 0 Å². The highest BCUT2D eigenvalue weighted by Gasteiger charge is 2.20. The predicted octanol–water partition coefficient (Wildman–Crippen LogP) is 6.64. The van der Waals surface area contributed by atoms with Crippen molar-refractivity contribution in [1.29, 1.82) is 0 Å². The van der Waals surface area contributed by atoms with Gasteiger partial charge in [0.25, 0.3) is 0 Å². The Kier molecular flexibility index (Phi) is 2.91. The Morgan fingerprint density at radius 1 is 0.800 bits per heavy atom. The third-order valence-corrected chi connectivity index (χ3v) is 5.51. The lowest BCUT2D eigenvalue weighted by molar-refractivity contribution is 0.642. The second-order valence-electron chi connectivity index (χ2n) is 7.68. The topological polar surface area (TPSA) is 17.8 Å². The predicted molar refractivity (Wildman–Crippen MR) is 108 cm³/mol. The first-order valence-electron chi connectivity index (χ1n) is 9.14. The van der Waals surface area contributed by atoms with Crippen molar-refractivity contribution in [2.75, 3.05) is 0 Å². The molecule has 0 unspecified atom stereocenters. The third kappa shape index (κ3) is 1.82. The average Bonchev–Trinajstić information content (AvgIpc) is 2.95. The van der Waals surface area contributed by atoms with E-state index in [0.29, 0.717) is 12.0 Å². The normalized spacial score (nSPS) is 12.7. The number of fused-ring (bicyclic) bond motifs is 3. The fraction of sp³-hybridized carbons (Fsp3) is 0.261. The molecule has 25 heavy (non-hydrogen) atoms. The van der Waals surface area contributed by atoms with Crippen LogP contribution in [0.4, 0.5) is 0 Å². The average molecular weight is 326 g/mol. The zero-order valence-electron chi connectivity index (χ0n) is 15.2. The van der Waals surface area contributed by atoms with Crippen LogP contribution in [0.1, 0.15) is 45.2 Å². The summed E-state index contributed by atoms with van der Waals surface area (Å²) >= 11 is 0. The van der Waals surface area contributed by atoms with Crippen molar-refractivity contribution in [2.45, 2.75) is 39.7 Å². The molecular formula is C23H22N2. The molecule has 5 aromatic rings. The minimum atomic E-state index is 0.415. The molecule has 0 atom stereocenters. The van der Waals surface area contributed by atoms with Crippen LogP contribution in [-0.2, 0) is 0 Å². The lowest BCUT2D eigenvalue weighted by Gasteiger charge is -2.11. The number of nitrogens with zero attached hydrogens (tertiary/aromatic N) is 2. The molecule has 0 fully saturated rings. The zero-order valence-corrected chi connectivity index (χ0v) is 15.2. The Morgan fingerprint density at radius 3 is 2.36 bits per heavy atom. The van der Waals surface area contributed by atoms with Crippen LogP contribution in [0.15, 0.2) is 48.7 Å². The Bertz CT molecular complexity index is 1240. The Hall–Kier alpha value is -2.61. The van der Waals surface area contributed by atoms with E-state index < -0.39 is 0 Å². The van der Waals surface area contributed by atoms with Gasteiger partial charge in [-0.1, -0.05) is 44.2 Å². The molecule has 0 saturated carbocycles. The highest BCUT2D eigenvalue weighted by atomic mass is 15.0. The van der Waals surface area contributed by atoms with Crippen LogP contribution in [-0.4, -0.2) is 9.55 Å². The van der Waals surface area contributed by atoms with Gasteiger partial charge in [0.15, 0.2) is 0 Å². The van der Waals surface area contributed by atoms with Crippen LogP contribution in [0.25, 0.3) is 43.5 Å². The monoisotopic (exact) mass is 326 g/mol. The van der Waals surface area contributed by atoms with E-state index in [4.69, 9.17) is 4.98 Å². The fourth-order valence-corrected chi connectivity index (χ4v) is 4.37. The molecule has 2 heteroatoms. The zero-order chi connectivity index (χ0) is 17.3. The molecule has 0 spiro atoms. The quantitative estimate of drug-likeness (QED) is 0.333. The molecule has 2 aromatic heterocycles. The molecule has 5 rings (SSSR count). The molecule has 0 saturated heterocycles. The van der Waals surface area contributed by atoms with Gasteiger partial charge in [-0.25, -0.2) is 0 Å². The van der Waals surface area contributed by atoms with Crippen molar-refractivity contribution in [3.63, 3.8) is 0 Å². The molecule has 0 amide bonds. The Labute approximate surface area is 147 Å². The molecule has 0 radical (unpaired) electrons. The SMILES string of the molecule is CC(C)c1ccc2c(c1)c1cccc3c1c1c2nccc1n3C(C)C. The van der Waals surface area contributed by atoms with Crippen LogP contribution in [0.3, 0.4) is 0 Å². The van der Waals surface area contributed by atoms with Crippen molar-refractivity contribution >= 4 is 43.5 Å². The molecule has 0 aliphatic carbocycles. The first-order valence-corrected chi connectivity index (χ1v) is 9.14. The number of aromatic nitrogens is 2. The van der Waals surface area contributed by atoms with E-state index in [1.165, 1.54) is 43.5 Å². The molecule has 2 nitrogen and oxygen atoms in total. The summed E-state index contributed by atoms with van der Waals surface area (Å²) in [5, 5.41) is 6.61. The number of rotatable bonds is 2. The summed E-state index contributed by atoms with van der Waals surface area (Å²) in [7, 11) is 0. The summed E-state index contributed by atoms with van der Waals surface area (Å²) in [6.45, 7) is 9.02. The van der Waals surface area contributed by atoms with E-state index in [1.807, 2.05) is 6.20 Å². The Balaban J connectivity index is 2.13. The highest BCUT2D eigenvalue weighted by Crippen LogP contribution is 2.43. The van der Waals surface area contributed by atoms with Gasteiger partial charge < -0.3 is 4.57 Å². The van der Waals surface area contributed by atoms with Crippen LogP contribution >= 0.6 is 0 Å². The molecule has 0 N–H and O–H groups in total. The fourth-order valence-electron chi connectivity index (χ4n) is 4.37. The minimum absolute atomic E-state index is 0.415. The van der Waals surface area contributed by atoms with Crippen molar-refractivity contribution in [3.8, 4) is 0 Å². The second-order valence-corrected chi connectivity index (χ2v) is 7.68. The smallest absolute Gasteiger partial charge is 0.0808 e. The van der Waals surface area contributed by atoms with E-state index in [2.05, 4.69) is 74.7 Å². The van der Waals surface area contributed by atoms with Crippen LogP contribution in [0.2, 0.25) is 0 Å². The van der Waals surface area contributed by atoms with Gasteiger partial charge >= 0.3 is 0 Å². The molecule has 124 valence electrons. The second kappa shape index (κ2) is 4.95. The molecule has 0 aliphatic rings. The highest BCUT2D eigenvalue weighted by molar-refractivity contribution is 6.33. The number of benzene rings is 3. The van der Waals surface area contributed by atoms with E-state index in [-0.39, 0.29) is 0 Å². The first kappa shape index (κ1) is 14.7. The van der Waals surface area contributed by atoms with E-state index in [9.17, 15) is 0 Å². The molecule has 3 aromatic carbocycles. The van der Waals surface area contributed by atoms with Gasteiger partial charge in [-0.15, -0.1) is 0 Å². The third-order valence-electron chi connectivity index (χ3n) is 5.51. The van der Waals surface area contributed by atoms with Crippen molar-refractivity contribution in [1.82, 2.24) is 9.55 Å². The van der Waals surface area contributed by atoms with Crippen molar-refractivity contribution in [3.05, 3.63) is 54.2 Å². The summed E-state index contributed by atoms with van der Waals surface area (Å²) in [4.78, 5) is 4.80. The summed E-state index contributed by atoms with van der Waals surface area (Å²) in [6, 6.07) is 16.2. The molecule has 2 heterocycles. The van der Waals surface area contributed by atoms with E-state index >= 15 is 0 Å². The minimum Gasteiger partial charge on any atom is -0.338 e. The van der Waals surface area contributed by atoms with Crippen LogP contribution < -0.4 is 0 Å². The number of hydrogen-bond acceptors (Lipinski definition) is 1. The van der Waals surface area contributed by atoms with Gasteiger partial charge in [0.05, 0.1) is 16.6 Å². The lowest BCUT2D eigenvalue weighted by Crippen LogP contribution is -1.99. The maximum Gasteiger partial charge on any atom is 0.0808 e. The van der Waals surface area contributed by atoms with Gasteiger partial charge in [-0.2, -0.15) is 0 Å². The summed E-state index contributed by atoms with van der Waals surface area (Å²) in [5.41, 5.74) is 5.12. The molecule has 0 aliphatic heterocycles. The number of pyridine rings is 1. The standard InChI is InChI=1S/C23H22N2/c1-13(2)15-8-9-17-18(12-15)16-6-5-7-19-21(16)22-20(25(19)14(3)4)10-11-24-23(17)22/h5-14H,1-4H3. The first-order chi connectivity index (χ1) is 12.1. The van der Waals surface area contributed by atoms with Gasteiger partial charge in [0.2, 0.25) is 0 Å².